The fourth-order valence-electron chi connectivity index (χ4n) is 3.09. The summed E-state index contributed by atoms with van der Waals surface area (Å²) in [7, 11) is -17.5. The molecule has 0 saturated carbocycles. The number of phosphoric acid groups is 3. The standard InChI is InChI=1S/C18H23O13P3.3Na/c19-16-10-17(14-7-4-8-15(9-14)27-11-13-5-2-1-3-6-13)29-18(16)12-28-33(23,24)31-34(25,26)30-32(20,21)22;;;/h1-9,16-19H,10-12H2,(H,23,24)(H,25,26)(H2,20,21,22);;;/q;3*+1/p-3/t16-,17+,18+;;;/m0.../s1. The third kappa shape index (κ3) is 13.9. The number of aliphatic hydroxyl groups is 1. The molecule has 1 aliphatic heterocycles. The minimum absolute atomic E-state index is 0. The zero-order chi connectivity index (χ0) is 25.0. The summed E-state index contributed by atoms with van der Waals surface area (Å²) in [5.41, 5.74) is 1.60. The topological polar surface area (TPSA) is 207 Å². The van der Waals surface area contributed by atoms with Crippen molar-refractivity contribution >= 4 is 23.5 Å². The van der Waals surface area contributed by atoms with Crippen LogP contribution in [-0.2, 0) is 38.2 Å². The van der Waals surface area contributed by atoms with E-state index >= 15 is 0 Å². The summed E-state index contributed by atoms with van der Waals surface area (Å²) < 4.78 is 55.9. The third-order valence-corrected chi connectivity index (χ3v) is 8.19. The largest absolute Gasteiger partial charge is 1.00 e. The van der Waals surface area contributed by atoms with E-state index in [-0.39, 0.29) is 95.1 Å². The predicted molar refractivity (Wildman–Crippen MR) is 109 cm³/mol. The van der Waals surface area contributed by atoms with E-state index in [1.54, 1.807) is 24.3 Å². The Bertz CT molecular complexity index is 1120. The number of benzene rings is 2. The molecule has 1 aliphatic rings. The van der Waals surface area contributed by atoms with Gasteiger partial charge >= 0.3 is 88.7 Å². The molecule has 0 amide bonds. The molecule has 2 N–H and O–H groups in total. The summed E-state index contributed by atoms with van der Waals surface area (Å²) in [5, 5.41) is 10.2. The van der Waals surface area contributed by atoms with Gasteiger partial charge in [0.15, 0.2) is 0 Å². The van der Waals surface area contributed by atoms with Crippen LogP contribution in [0.4, 0.5) is 0 Å². The Balaban J connectivity index is 0.00000432. The van der Waals surface area contributed by atoms with E-state index < -0.39 is 48.4 Å². The molecule has 1 saturated heterocycles. The Labute approximate surface area is 279 Å². The molecule has 13 nitrogen and oxygen atoms in total. The van der Waals surface area contributed by atoms with Gasteiger partial charge in [-0.15, -0.1) is 0 Å². The summed E-state index contributed by atoms with van der Waals surface area (Å²) in [5.74, 6) is 0.544. The second-order valence-electron chi connectivity index (χ2n) is 7.14. The van der Waals surface area contributed by atoms with Crippen molar-refractivity contribution in [3.8, 4) is 5.75 Å². The fourth-order valence-corrected chi connectivity index (χ4v) is 5.99. The zero-order valence-corrected chi connectivity index (χ0v) is 29.0. The molecular weight excluding hydrogens is 586 g/mol. The first-order chi connectivity index (χ1) is 15.8. The molecule has 0 aliphatic carbocycles. The van der Waals surface area contributed by atoms with Crippen LogP contribution in [-0.4, -0.2) is 28.8 Å². The number of phosphoric ester groups is 1. The van der Waals surface area contributed by atoms with E-state index in [2.05, 4.69) is 13.1 Å². The maximum Gasteiger partial charge on any atom is 1.00 e. The van der Waals surface area contributed by atoms with Crippen LogP contribution in [0.15, 0.2) is 54.6 Å². The fraction of sp³-hybridized carbons (Fsp3) is 0.333. The van der Waals surface area contributed by atoms with Gasteiger partial charge in [-0.25, -0.2) is 8.62 Å². The Morgan fingerprint density at radius 3 is 2.19 bits per heavy atom. The van der Waals surface area contributed by atoms with Crippen molar-refractivity contribution < 1.29 is 150 Å². The number of hydrogen-bond acceptors (Lipinski definition) is 12. The van der Waals surface area contributed by atoms with Gasteiger partial charge in [0.2, 0.25) is 0 Å². The van der Waals surface area contributed by atoms with Gasteiger partial charge in [0.05, 0.1) is 18.8 Å². The summed E-state index contributed by atoms with van der Waals surface area (Å²) in [6.45, 7) is -0.504. The van der Waals surface area contributed by atoms with E-state index in [1.165, 1.54) is 0 Å². The maximum atomic E-state index is 11.7. The van der Waals surface area contributed by atoms with Gasteiger partial charge in [-0.05, 0) is 23.3 Å². The van der Waals surface area contributed by atoms with E-state index in [4.69, 9.17) is 14.4 Å². The molecule has 1 heterocycles. The van der Waals surface area contributed by atoms with Crippen molar-refractivity contribution in [3.05, 3.63) is 65.7 Å². The van der Waals surface area contributed by atoms with Crippen LogP contribution >= 0.6 is 23.5 Å². The van der Waals surface area contributed by atoms with Crippen molar-refractivity contribution in [2.45, 2.75) is 31.3 Å². The zero-order valence-electron chi connectivity index (χ0n) is 20.3. The monoisotopic (exact) mass is 606 g/mol. The van der Waals surface area contributed by atoms with Gasteiger partial charge < -0.3 is 38.7 Å². The Morgan fingerprint density at radius 1 is 0.919 bits per heavy atom. The van der Waals surface area contributed by atoms with Gasteiger partial charge in [0.1, 0.15) is 18.5 Å². The van der Waals surface area contributed by atoms with Gasteiger partial charge in [-0.1, -0.05) is 42.5 Å². The average molecular weight is 606 g/mol. The van der Waals surface area contributed by atoms with E-state index in [1.807, 2.05) is 30.3 Å². The maximum absolute atomic E-state index is 11.7. The minimum atomic E-state index is -6.00. The van der Waals surface area contributed by atoms with E-state index in [9.17, 15) is 33.5 Å². The molecule has 0 spiro atoms. The number of ether oxygens (including phenoxy) is 2. The van der Waals surface area contributed by atoms with Crippen molar-refractivity contribution in [2.24, 2.45) is 0 Å². The van der Waals surface area contributed by atoms with Crippen LogP contribution in [0.2, 0.25) is 0 Å². The van der Waals surface area contributed by atoms with Crippen LogP contribution < -0.4 is 108 Å². The molecular formula is C18H20Na3O13P3. The third-order valence-electron chi connectivity index (χ3n) is 4.50. The molecule has 3 unspecified atom stereocenters. The van der Waals surface area contributed by atoms with Gasteiger partial charge in [0.25, 0.3) is 23.5 Å². The molecule has 3 rings (SSSR count). The molecule has 0 bridgehead atoms. The van der Waals surface area contributed by atoms with E-state index in [0.717, 1.165) is 5.56 Å². The Morgan fingerprint density at radius 2 is 1.57 bits per heavy atom. The molecule has 0 radical (unpaired) electrons. The van der Waals surface area contributed by atoms with E-state index in [0.29, 0.717) is 17.9 Å². The number of rotatable bonds is 11. The SMILES string of the molecule is O=P([O-])(O)OP(=O)([O-])OP(=O)([O-])OC[C@H]1O[C@@H](c2cccc(OCc3ccccc3)c2)C[C@@H]1O.[Na+].[Na+].[Na+]. The Kier molecular flexibility index (Phi) is 17.6. The quantitative estimate of drug-likeness (QED) is 0.180. The minimum Gasteiger partial charge on any atom is -0.756 e. The Hall–Kier alpha value is 1.57. The summed E-state index contributed by atoms with van der Waals surface area (Å²) in [6.07, 6.45) is -2.92. The molecule has 2 aromatic rings. The van der Waals surface area contributed by atoms with Gasteiger partial charge in [-0.3, -0.25) is 13.7 Å². The van der Waals surface area contributed by atoms with Crippen LogP contribution in [0.3, 0.4) is 0 Å². The van der Waals surface area contributed by atoms with Crippen LogP contribution in [0.25, 0.3) is 0 Å². The molecule has 19 heteroatoms. The van der Waals surface area contributed by atoms with Crippen molar-refractivity contribution in [1.29, 1.82) is 0 Å². The summed E-state index contributed by atoms with van der Waals surface area (Å²) in [4.78, 5) is 41.8. The van der Waals surface area contributed by atoms with Crippen LogP contribution in [0.5, 0.6) is 5.75 Å². The predicted octanol–water partition coefficient (Wildman–Crippen LogP) is -8.08. The summed E-state index contributed by atoms with van der Waals surface area (Å²) in [6, 6.07) is 16.3. The molecule has 1 fully saturated rings. The number of aliphatic hydroxyl groups excluding tert-OH is 1. The first kappa shape index (κ1) is 38.6. The second-order valence-corrected chi connectivity index (χ2v) is 11.4. The molecule has 0 aromatic heterocycles. The molecule has 37 heavy (non-hydrogen) atoms. The van der Waals surface area contributed by atoms with Crippen molar-refractivity contribution in [3.63, 3.8) is 0 Å². The van der Waals surface area contributed by atoms with Gasteiger partial charge in [0, 0.05) is 6.42 Å². The summed E-state index contributed by atoms with van der Waals surface area (Å²) >= 11 is 0. The number of hydrogen-bond donors (Lipinski definition) is 2. The van der Waals surface area contributed by atoms with Crippen LogP contribution in [0.1, 0.15) is 23.7 Å². The molecule has 6 atom stereocenters. The normalized spacial score (nSPS) is 23.6. The first-order valence-corrected chi connectivity index (χ1v) is 14.1. The average Bonchev–Trinajstić information content (AvgIpc) is 3.10. The first-order valence-electron chi connectivity index (χ1n) is 9.65. The van der Waals surface area contributed by atoms with Crippen molar-refractivity contribution in [1.82, 2.24) is 0 Å². The van der Waals surface area contributed by atoms with Crippen LogP contribution in [0, 0.1) is 0 Å². The molecule has 2 aromatic carbocycles. The van der Waals surface area contributed by atoms with Crippen molar-refractivity contribution in [2.75, 3.05) is 6.61 Å². The second kappa shape index (κ2) is 16.9. The smallest absolute Gasteiger partial charge is 0.756 e. The molecule has 188 valence electrons. The van der Waals surface area contributed by atoms with Gasteiger partial charge in [-0.2, -0.15) is 0 Å².